The summed E-state index contributed by atoms with van der Waals surface area (Å²) in [6.07, 6.45) is 15.2. The van der Waals surface area contributed by atoms with E-state index >= 15 is 0 Å². The first-order valence-corrected chi connectivity index (χ1v) is 7.05. The van der Waals surface area contributed by atoms with Crippen molar-refractivity contribution in [3.63, 3.8) is 0 Å². The highest BCUT2D eigenvalue weighted by Crippen LogP contribution is 2.17. The van der Waals surface area contributed by atoms with Crippen molar-refractivity contribution in [2.24, 2.45) is 0 Å². The van der Waals surface area contributed by atoms with Crippen molar-refractivity contribution in [2.45, 2.75) is 78.1 Å². The average molecular weight is 226 g/mol. The molecule has 0 unspecified atom stereocenters. The zero-order chi connectivity index (χ0) is 12.1. The highest BCUT2D eigenvalue weighted by atomic mass is 16.5. The number of hydrogen-bond acceptors (Lipinski definition) is 1. The van der Waals surface area contributed by atoms with Crippen molar-refractivity contribution < 1.29 is 4.74 Å². The van der Waals surface area contributed by atoms with Crippen molar-refractivity contribution >= 4 is 0 Å². The van der Waals surface area contributed by atoms with E-state index in [1.54, 1.807) is 7.11 Å². The summed E-state index contributed by atoms with van der Waals surface area (Å²) in [7, 11) is 1.76. The summed E-state index contributed by atoms with van der Waals surface area (Å²) < 4.78 is 5.16. The van der Waals surface area contributed by atoms with Gasteiger partial charge in [-0.15, -0.1) is 0 Å². The lowest BCUT2D eigenvalue weighted by Crippen LogP contribution is -1.88. The van der Waals surface area contributed by atoms with Crippen LogP contribution in [0.25, 0.3) is 0 Å². The fourth-order valence-electron chi connectivity index (χ4n) is 1.97. The van der Waals surface area contributed by atoms with Crippen LogP contribution >= 0.6 is 0 Å². The molecule has 0 aliphatic rings. The normalized spacial score (nSPS) is 10.2. The van der Waals surface area contributed by atoms with Gasteiger partial charge in [-0.3, -0.25) is 0 Å². The number of allylic oxidation sites excluding steroid dienone is 1. The maximum atomic E-state index is 5.16. The molecular formula is C15H30O. The molecular weight excluding hydrogens is 196 g/mol. The van der Waals surface area contributed by atoms with Gasteiger partial charge in [0.25, 0.3) is 0 Å². The Labute approximate surface area is 102 Å². The summed E-state index contributed by atoms with van der Waals surface area (Å²) in [6, 6.07) is 0. The zero-order valence-corrected chi connectivity index (χ0v) is 11.6. The third kappa shape index (κ3) is 10.1. The van der Waals surface area contributed by atoms with Gasteiger partial charge in [-0.05, 0) is 31.3 Å². The molecule has 0 bridgehead atoms. The summed E-state index contributed by atoms with van der Waals surface area (Å²) in [5.41, 5.74) is 1.51. The minimum absolute atomic E-state index is 1.24. The van der Waals surface area contributed by atoms with Crippen LogP contribution in [0.15, 0.2) is 11.8 Å². The lowest BCUT2D eigenvalue weighted by molar-refractivity contribution is 0.330. The summed E-state index contributed by atoms with van der Waals surface area (Å²) in [5.74, 6) is 0. The molecule has 0 rings (SSSR count). The quantitative estimate of drug-likeness (QED) is 0.336. The molecule has 0 aliphatic carbocycles. The lowest BCUT2D eigenvalue weighted by atomic mass is 10.0. The Bertz CT molecular complexity index is 147. The zero-order valence-electron chi connectivity index (χ0n) is 11.6. The van der Waals surface area contributed by atoms with Gasteiger partial charge in [-0.25, -0.2) is 0 Å². The van der Waals surface area contributed by atoms with Gasteiger partial charge < -0.3 is 4.74 Å². The predicted molar refractivity (Wildman–Crippen MR) is 72.6 cm³/mol. The van der Waals surface area contributed by atoms with Crippen molar-refractivity contribution in [3.05, 3.63) is 11.8 Å². The van der Waals surface area contributed by atoms with Gasteiger partial charge in [0.2, 0.25) is 0 Å². The number of rotatable bonds is 11. The minimum Gasteiger partial charge on any atom is -0.504 e. The highest BCUT2D eigenvalue weighted by molar-refractivity contribution is 4.97. The molecule has 1 heteroatoms. The fraction of sp³-hybridized carbons (Fsp3) is 0.867. The summed E-state index contributed by atoms with van der Waals surface area (Å²) >= 11 is 0. The molecule has 16 heavy (non-hydrogen) atoms. The largest absolute Gasteiger partial charge is 0.504 e. The molecule has 0 heterocycles. The molecule has 96 valence electrons. The van der Waals surface area contributed by atoms with Crippen LogP contribution in [-0.4, -0.2) is 7.11 Å². The summed E-state index contributed by atoms with van der Waals surface area (Å²) in [6.45, 7) is 4.52. The molecule has 0 spiro atoms. The van der Waals surface area contributed by atoms with E-state index in [2.05, 4.69) is 13.8 Å². The molecule has 0 radical (unpaired) electrons. The van der Waals surface area contributed by atoms with E-state index in [-0.39, 0.29) is 0 Å². The van der Waals surface area contributed by atoms with Crippen molar-refractivity contribution in [3.8, 4) is 0 Å². The molecule has 0 saturated heterocycles. The molecule has 0 aromatic rings. The first kappa shape index (κ1) is 15.5. The first-order chi connectivity index (χ1) is 7.85. The lowest BCUT2D eigenvalue weighted by Gasteiger charge is -2.07. The smallest absolute Gasteiger partial charge is 0.0816 e. The van der Waals surface area contributed by atoms with E-state index in [0.29, 0.717) is 0 Å². The van der Waals surface area contributed by atoms with Crippen molar-refractivity contribution in [1.29, 1.82) is 0 Å². The second-order valence-corrected chi connectivity index (χ2v) is 4.63. The van der Waals surface area contributed by atoms with Crippen LogP contribution in [0.4, 0.5) is 0 Å². The molecule has 0 fully saturated rings. The van der Waals surface area contributed by atoms with E-state index in [9.17, 15) is 0 Å². The van der Waals surface area contributed by atoms with Gasteiger partial charge in [0.15, 0.2) is 0 Å². The van der Waals surface area contributed by atoms with Gasteiger partial charge >= 0.3 is 0 Å². The monoisotopic (exact) mass is 226 g/mol. The molecule has 0 atom stereocenters. The molecule has 0 aromatic heterocycles. The maximum Gasteiger partial charge on any atom is 0.0816 e. The third-order valence-corrected chi connectivity index (χ3v) is 2.99. The molecule has 0 amide bonds. The number of unbranched alkanes of at least 4 members (excludes halogenated alkanes) is 6. The minimum atomic E-state index is 1.24. The number of methoxy groups -OCH3 is 1. The van der Waals surface area contributed by atoms with E-state index in [0.717, 1.165) is 0 Å². The number of ether oxygens (including phenoxy) is 1. The van der Waals surface area contributed by atoms with Gasteiger partial charge in [0.1, 0.15) is 0 Å². The summed E-state index contributed by atoms with van der Waals surface area (Å²) in [4.78, 5) is 0. The molecule has 1 nitrogen and oxygen atoms in total. The Balaban J connectivity index is 3.59. The Hall–Kier alpha value is -0.460. The van der Waals surface area contributed by atoms with E-state index in [4.69, 9.17) is 4.74 Å². The van der Waals surface area contributed by atoms with E-state index in [1.165, 1.54) is 69.8 Å². The first-order valence-electron chi connectivity index (χ1n) is 7.05. The Kier molecular flexibility index (Phi) is 12.2. The van der Waals surface area contributed by atoms with Crippen molar-refractivity contribution in [1.82, 2.24) is 0 Å². The number of hydrogen-bond donors (Lipinski definition) is 0. The van der Waals surface area contributed by atoms with Gasteiger partial charge in [0.05, 0.1) is 13.4 Å². The van der Waals surface area contributed by atoms with Crippen molar-refractivity contribution in [2.75, 3.05) is 7.11 Å². The highest BCUT2D eigenvalue weighted by Gasteiger charge is 1.99. The van der Waals surface area contributed by atoms with Crippen LogP contribution in [0.5, 0.6) is 0 Å². The van der Waals surface area contributed by atoms with Crippen LogP contribution in [0.3, 0.4) is 0 Å². The molecule has 0 N–H and O–H groups in total. The topological polar surface area (TPSA) is 9.23 Å². The Morgan fingerprint density at radius 3 is 1.69 bits per heavy atom. The molecule has 0 saturated carbocycles. The van der Waals surface area contributed by atoms with E-state index < -0.39 is 0 Å². The SMILES string of the molecule is CCCCCCC(=COC)CCCCCC. The Morgan fingerprint density at radius 1 is 0.812 bits per heavy atom. The van der Waals surface area contributed by atoms with Gasteiger partial charge in [-0.1, -0.05) is 52.4 Å². The summed E-state index contributed by atoms with van der Waals surface area (Å²) in [5, 5.41) is 0. The van der Waals surface area contributed by atoms with E-state index in [1.807, 2.05) is 6.26 Å². The van der Waals surface area contributed by atoms with Crippen LogP contribution in [0.2, 0.25) is 0 Å². The predicted octanol–water partition coefficient (Wildman–Crippen LogP) is 5.46. The Morgan fingerprint density at radius 2 is 1.31 bits per heavy atom. The maximum absolute atomic E-state index is 5.16. The average Bonchev–Trinajstić information content (AvgIpc) is 2.30. The van der Waals surface area contributed by atoms with Gasteiger partial charge in [-0.2, -0.15) is 0 Å². The third-order valence-electron chi connectivity index (χ3n) is 2.99. The second kappa shape index (κ2) is 12.6. The fourth-order valence-corrected chi connectivity index (χ4v) is 1.97. The van der Waals surface area contributed by atoms with Crippen LogP contribution in [0.1, 0.15) is 78.1 Å². The molecule has 0 aliphatic heterocycles. The second-order valence-electron chi connectivity index (χ2n) is 4.63. The standard InChI is InChI=1S/C15H30O/c1-4-6-8-10-12-15(14-16-3)13-11-9-7-5-2/h14H,4-13H2,1-3H3. The van der Waals surface area contributed by atoms with Crippen LogP contribution in [-0.2, 0) is 4.74 Å². The van der Waals surface area contributed by atoms with Crippen LogP contribution in [0, 0.1) is 0 Å². The van der Waals surface area contributed by atoms with Crippen LogP contribution < -0.4 is 0 Å². The molecule has 0 aromatic carbocycles. The van der Waals surface area contributed by atoms with Gasteiger partial charge in [0, 0.05) is 0 Å².